The average Bonchev–Trinajstić information content (AvgIpc) is 1.90. The molecule has 0 amide bonds. The van der Waals surface area contributed by atoms with Crippen LogP contribution in [0.1, 0.15) is 25.3 Å². The highest BCUT2D eigenvalue weighted by atomic mass is 14.6. The Labute approximate surface area is 64.1 Å². The Morgan fingerprint density at radius 1 is 1.40 bits per heavy atom. The van der Waals surface area contributed by atoms with E-state index < -0.39 is 0 Å². The third kappa shape index (κ3) is 2.22. The van der Waals surface area contributed by atoms with Crippen LogP contribution in [0.5, 0.6) is 0 Å². The fraction of sp³-hybridized carbons (Fsp3) is 0.375. The molecule has 0 saturated carbocycles. The molecular formula is C8H11BN. The second-order valence-corrected chi connectivity index (χ2v) is 2.44. The molecule has 51 valence electrons. The lowest BCUT2D eigenvalue weighted by atomic mass is 10.1. The van der Waals surface area contributed by atoms with Gasteiger partial charge in [0.1, 0.15) is 0 Å². The highest BCUT2D eigenvalue weighted by Gasteiger charge is 1.94. The first-order valence-corrected chi connectivity index (χ1v) is 3.20. The molecule has 1 nitrogen and oxygen atoms in total. The molecule has 0 bridgehead atoms. The van der Waals surface area contributed by atoms with Crippen LogP contribution >= 0.6 is 0 Å². The van der Waals surface area contributed by atoms with Crippen LogP contribution in [0, 0.1) is 0 Å². The molecule has 0 aliphatic heterocycles. The molecule has 0 aliphatic carbocycles. The quantitative estimate of drug-likeness (QED) is 0.531. The topological polar surface area (TPSA) is 12.9 Å². The summed E-state index contributed by atoms with van der Waals surface area (Å²) < 4.78 is 0. The van der Waals surface area contributed by atoms with Gasteiger partial charge in [0, 0.05) is 20.8 Å². The van der Waals surface area contributed by atoms with Crippen LogP contribution in [-0.4, -0.2) is 13.4 Å². The van der Waals surface area contributed by atoms with Gasteiger partial charge in [-0.3, -0.25) is 4.98 Å². The van der Waals surface area contributed by atoms with Gasteiger partial charge in [0.15, 0.2) is 0 Å². The minimum absolute atomic E-state index is 0. The van der Waals surface area contributed by atoms with Crippen molar-refractivity contribution >= 4 is 8.41 Å². The van der Waals surface area contributed by atoms with Crippen molar-refractivity contribution in [3.05, 3.63) is 30.1 Å². The van der Waals surface area contributed by atoms with Gasteiger partial charge in [-0.15, -0.1) is 0 Å². The van der Waals surface area contributed by atoms with Crippen molar-refractivity contribution < 1.29 is 0 Å². The maximum absolute atomic E-state index is 4.01. The van der Waals surface area contributed by atoms with E-state index in [1.807, 2.05) is 12.3 Å². The van der Waals surface area contributed by atoms with E-state index in [-0.39, 0.29) is 8.41 Å². The lowest BCUT2D eigenvalue weighted by molar-refractivity contribution is 0.858. The monoisotopic (exact) mass is 132 g/mol. The highest BCUT2D eigenvalue weighted by molar-refractivity contribution is 5.75. The Morgan fingerprint density at radius 2 is 2.10 bits per heavy atom. The van der Waals surface area contributed by atoms with Crippen molar-refractivity contribution in [2.24, 2.45) is 0 Å². The second-order valence-electron chi connectivity index (χ2n) is 2.44. The maximum atomic E-state index is 4.01. The van der Waals surface area contributed by atoms with Crippen LogP contribution in [0.2, 0.25) is 0 Å². The largest absolute Gasteiger partial charge is 0.264 e. The fourth-order valence-corrected chi connectivity index (χ4v) is 0.717. The first-order valence-electron chi connectivity index (χ1n) is 3.20. The van der Waals surface area contributed by atoms with E-state index in [1.165, 1.54) is 5.56 Å². The van der Waals surface area contributed by atoms with Crippen LogP contribution < -0.4 is 0 Å². The summed E-state index contributed by atoms with van der Waals surface area (Å²) in [4.78, 5) is 4.01. The van der Waals surface area contributed by atoms with E-state index in [0.717, 1.165) is 0 Å². The SMILES string of the molecule is CC(C)c1cccnc1.[B]. The first-order chi connectivity index (χ1) is 4.30. The summed E-state index contributed by atoms with van der Waals surface area (Å²) >= 11 is 0. The molecule has 0 fully saturated rings. The summed E-state index contributed by atoms with van der Waals surface area (Å²) in [7, 11) is 0. The molecule has 1 aromatic heterocycles. The molecule has 0 spiro atoms. The zero-order valence-electron chi connectivity index (χ0n) is 6.41. The van der Waals surface area contributed by atoms with Gasteiger partial charge in [-0.1, -0.05) is 19.9 Å². The van der Waals surface area contributed by atoms with Crippen LogP contribution in [0.15, 0.2) is 24.5 Å². The van der Waals surface area contributed by atoms with Crippen LogP contribution in [0.3, 0.4) is 0 Å². The van der Waals surface area contributed by atoms with Crippen molar-refractivity contribution in [3.63, 3.8) is 0 Å². The lowest BCUT2D eigenvalue weighted by Crippen LogP contribution is -1.85. The molecule has 1 heterocycles. The Hall–Kier alpha value is -0.785. The third-order valence-corrected chi connectivity index (χ3v) is 1.35. The summed E-state index contributed by atoms with van der Waals surface area (Å²) in [6.45, 7) is 4.33. The van der Waals surface area contributed by atoms with Crippen molar-refractivity contribution in [1.29, 1.82) is 0 Å². The van der Waals surface area contributed by atoms with E-state index in [2.05, 4.69) is 24.9 Å². The third-order valence-electron chi connectivity index (χ3n) is 1.35. The Bertz CT molecular complexity index is 172. The number of pyridine rings is 1. The number of hydrogen-bond acceptors (Lipinski definition) is 1. The first kappa shape index (κ1) is 9.21. The average molecular weight is 132 g/mol. The molecular weight excluding hydrogens is 121 g/mol. The number of aromatic nitrogens is 1. The molecule has 0 unspecified atom stereocenters. The van der Waals surface area contributed by atoms with E-state index >= 15 is 0 Å². The minimum atomic E-state index is 0. The highest BCUT2D eigenvalue weighted by Crippen LogP contribution is 2.10. The molecule has 0 N–H and O–H groups in total. The summed E-state index contributed by atoms with van der Waals surface area (Å²) in [5.41, 5.74) is 1.30. The van der Waals surface area contributed by atoms with E-state index in [1.54, 1.807) is 6.20 Å². The Balaban J connectivity index is 0.000000810. The number of hydrogen-bond donors (Lipinski definition) is 0. The van der Waals surface area contributed by atoms with Gasteiger partial charge in [0.25, 0.3) is 0 Å². The summed E-state index contributed by atoms with van der Waals surface area (Å²) in [6.07, 6.45) is 3.70. The van der Waals surface area contributed by atoms with Gasteiger partial charge >= 0.3 is 0 Å². The standard InChI is InChI=1S/C8H11N.B/c1-7(2)8-4-3-5-9-6-8;/h3-7H,1-2H3;. The summed E-state index contributed by atoms with van der Waals surface area (Å²) in [5.74, 6) is 0.596. The predicted molar refractivity (Wildman–Crippen MR) is 44.1 cm³/mol. The number of rotatable bonds is 1. The summed E-state index contributed by atoms with van der Waals surface area (Å²) in [6, 6.07) is 4.06. The van der Waals surface area contributed by atoms with Gasteiger partial charge in [-0.05, 0) is 17.5 Å². The zero-order valence-corrected chi connectivity index (χ0v) is 6.41. The molecule has 0 aliphatic rings. The molecule has 2 heteroatoms. The van der Waals surface area contributed by atoms with Crippen LogP contribution in [0.25, 0.3) is 0 Å². The van der Waals surface area contributed by atoms with Gasteiger partial charge in [-0.2, -0.15) is 0 Å². The molecule has 10 heavy (non-hydrogen) atoms. The Morgan fingerprint density at radius 3 is 2.40 bits per heavy atom. The normalized spacial score (nSPS) is 9.10. The van der Waals surface area contributed by atoms with Crippen LogP contribution in [-0.2, 0) is 0 Å². The van der Waals surface area contributed by atoms with Crippen molar-refractivity contribution in [2.75, 3.05) is 0 Å². The summed E-state index contributed by atoms with van der Waals surface area (Å²) in [5, 5.41) is 0. The van der Waals surface area contributed by atoms with Crippen molar-refractivity contribution in [2.45, 2.75) is 19.8 Å². The molecule has 1 aromatic rings. The molecule has 1 rings (SSSR count). The Kier molecular flexibility index (Phi) is 3.78. The fourth-order valence-electron chi connectivity index (χ4n) is 0.717. The van der Waals surface area contributed by atoms with E-state index in [9.17, 15) is 0 Å². The van der Waals surface area contributed by atoms with Crippen molar-refractivity contribution in [3.8, 4) is 0 Å². The van der Waals surface area contributed by atoms with Gasteiger partial charge in [-0.25, -0.2) is 0 Å². The molecule has 0 atom stereocenters. The van der Waals surface area contributed by atoms with E-state index in [4.69, 9.17) is 0 Å². The van der Waals surface area contributed by atoms with Gasteiger partial charge in [0.2, 0.25) is 0 Å². The second kappa shape index (κ2) is 4.10. The molecule has 3 radical (unpaired) electrons. The smallest absolute Gasteiger partial charge is 0.0302 e. The van der Waals surface area contributed by atoms with Gasteiger partial charge < -0.3 is 0 Å². The number of nitrogens with zero attached hydrogens (tertiary/aromatic N) is 1. The van der Waals surface area contributed by atoms with E-state index in [0.29, 0.717) is 5.92 Å². The minimum Gasteiger partial charge on any atom is -0.264 e. The molecule has 0 aromatic carbocycles. The van der Waals surface area contributed by atoms with Crippen molar-refractivity contribution in [1.82, 2.24) is 4.98 Å². The zero-order chi connectivity index (χ0) is 6.69. The predicted octanol–water partition coefficient (Wildman–Crippen LogP) is 1.82. The van der Waals surface area contributed by atoms with Gasteiger partial charge in [0.05, 0.1) is 0 Å². The lowest BCUT2D eigenvalue weighted by Gasteiger charge is -2.00. The maximum Gasteiger partial charge on any atom is 0.0302 e. The van der Waals surface area contributed by atoms with Crippen LogP contribution in [0.4, 0.5) is 0 Å². The molecule has 0 saturated heterocycles.